The number of ether oxygens (including phenoxy) is 1. The van der Waals surface area contributed by atoms with E-state index in [0.717, 1.165) is 17.0 Å². The number of halogens is 1. The average molecular weight is 321 g/mol. The van der Waals surface area contributed by atoms with E-state index >= 15 is 0 Å². The Balaban J connectivity index is 1.86. The molecule has 0 bridgehead atoms. The number of hydrogen-bond donors (Lipinski definition) is 2. The maximum absolute atomic E-state index is 13.5. The highest BCUT2D eigenvalue weighted by atomic mass is 19.1. The van der Waals surface area contributed by atoms with Gasteiger partial charge < -0.3 is 15.2 Å². The average Bonchev–Trinajstić information content (AvgIpc) is 2.77. The van der Waals surface area contributed by atoms with Crippen molar-refractivity contribution in [2.24, 2.45) is 0 Å². The Hall–Kier alpha value is -1.92. The van der Waals surface area contributed by atoms with E-state index in [4.69, 9.17) is 9.84 Å². The number of para-hydroxylation sites is 1. The van der Waals surface area contributed by atoms with Crippen molar-refractivity contribution >= 4 is 0 Å². The summed E-state index contributed by atoms with van der Waals surface area (Å²) in [5, 5.41) is 16.8. The van der Waals surface area contributed by atoms with Gasteiger partial charge in [-0.3, -0.25) is 4.68 Å². The molecular formula is C17H24FN3O2. The number of aliphatic hydroxyl groups excluding tert-OH is 1. The second kappa shape index (κ2) is 8.08. The third-order valence-corrected chi connectivity index (χ3v) is 3.74. The number of nitrogens with zero attached hydrogens (tertiary/aromatic N) is 2. The molecule has 0 aliphatic carbocycles. The molecule has 6 heteroatoms. The van der Waals surface area contributed by atoms with E-state index in [1.165, 1.54) is 6.07 Å². The monoisotopic (exact) mass is 321 g/mol. The van der Waals surface area contributed by atoms with Crippen molar-refractivity contribution in [3.63, 3.8) is 0 Å². The first-order valence-electron chi connectivity index (χ1n) is 7.78. The lowest BCUT2D eigenvalue weighted by molar-refractivity contribution is 0.207. The molecule has 1 heterocycles. The molecule has 2 N–H and O–H groups in total. The first-order valence-corrected chi connectivity index (χ1v) is 7.78. The summed E-state index contributed by atoms with van der Waals surface area (Å²) in [7, 11) is 0. The molecule has 2 rings (SSSR count). The van der Waals surface area contributed by atoms with Crippen LogP contribution in [0.2, 0.25) is 0 Å². The molecule has 0 radical (unpaired) electrons. The molecule has 1 unspecified atom stereocenters. The van der Waals surface area contributed by atoms with Crippen molar-refractivity contribution in [3.8, 4) is 5.75 Å². The molecule has 0 fully saturated rings. The minimum atomic E-state index is -0.351. The highest BCUT2D eigenvalue weighted by Gasteiger charge is 2.12. The summed E-state index contributed by atoms with van der Waals surface area (Å²) >= 11 is 0. The topological polar surface area (TPSA) is 59.3 Å². The van der Waals surface area contributed by atoms with E-state index in [1.54, 1.807) is 18.2 Å². The maximum Gasteiger partial charge on any atom is 0.165 e. The molecule has 1 aromatic heterocycles. The van der Waals surface area contributed by atoms with E-state index < -0.39 is 0 Å². The number of aromatic nitrogens is 2. The molecule has 0 saturated carbocycles. The molecule has 0 aliphatic rings. The number of benzene rings is 1. The molecule has 126 valence electrons. The van der Waals surface area contributed by atoms with Crippen molar-refractivity contribution in [2.75, 3.05) is 13.2 Å². The van der Waals surface area contributed by atoms with Gasteiger partial charge in [-0.1, -0.05) is 12.1 Å². The predicted molar refractivity (Wildman–Crippen MR) is 87.0 cm³/mol. The van der Waals surface area contributed by atoms with Crippen LogP contribution in [0.3, 0.4) is 0 Å². The quantitative estimate of drug-likeness (QED) is 0.782. The number of aliphatic hydroxyl groups is 1. The minimum Gasteiger partial charge on any atom is -0.486 e. The zero-order valence-electron chi connectivity index (χ0n) is 13.8. The summed E-state index contributed by atoms with van der Waals surface area (Å²) < 4.78 is 20.9. The summed E-state index contributed by atoms with van der Waals surface area (Å²) in [6.45, 7) is 7.67. The predicted octanol–water partition coefficient (Wildman–Crippen LogP) is 2.19. The number of hydrogen-bond acceptors (Lipinski definition) is 4. The minimum absolute atomic E-state index is 0.0718. The first kappa shape index (κ1) is 17.4. The lowest BCUT2D eigenvalue weighted by atomic mass is 10.2. The Labute approximate surface area is 136 Å². The molecule has 2 aromatic rings. The molecular weight excluding hydrogens is 297 g/mol. The van der Waals surface area contributed by atoms with Crippen LogP contribution in [-0.2, 0) is 13.1 Å². The van der Waals surface area contributed by atoms with Crippen LogP contribution in [0, 0.1) is 19.7 Å². The Bertz CT molecular complexity index is 643. The summed E-state index contributed by atoms with van der Waals surface area (Å²) in [4.78, 5) is 0. The third-order valence-electron chi connectivity index (χ3n) is 3.74. The van der Waals surface area contributed by atoms with Crippen LogP contribution in [-0.4, -0.2) is 34.1 Å². The van der Waals surface area contributed by atoms with Crippen molar-refractivity contribution in [1.82, 2.24) is 15.1 Å². The highest BCUT2D eigenvalue weighted by molar-refractivity contribution is 5.25. The van der Waals surface area contributed by atoms with Crippen LogP contribution in [0.5, 0.6) is 5.75 Å². The van der Waals surface area contributed by atoms with Gasteiger partial charge in [0, 0.05) is 24.3 Å². The first-order chi connectivity index (χ1) is 11.0. The van der Waals surface area contributed by atoms with Crippen molar-refractivity contribution in [3.05, 3.63) is 47.0 Å². The Kier molecular flexibility index (Phi) is 6.12. The molecule has 0 aliphatic heterocycles. The van der Waals surface area contributed by atoms with Gasteiger partial charge in [0.1, 0.15) is 6.10 Å². The summed E-state index contributed by atoms with van der Waals surface area (Å²) in [5.41, 5.74) is 3.12. The molecule has 23 heavy (non-hydrogen) atoms. The van der Waals surface area contributed by atoms with Crippen LogP contribution in [0.1, 0.15) is 23.9 Å². The van der Waals surface area contributed by atoms with Gasteiger partial charge >= 0.3 is 0 Å². The van der Waals surface area contributed by atoms with Crippen molar-refractivity contribution in [2.45, 2.75) is 40.0 Å². The van der Waals surface area contributed by atoms with Crippen LogP contribution in [0.25, 0.3) is 0 Å². The molecule has 5 nitrogen and oxygen atoms in total. The normalized spacial score (nSPS) is 12.4. The fourth-order valence-corrected chi connectivity index (χ4v) is 2.50. The standard InChI is InChI=1S/C17H24FN3O2/c1-12(23-17-7-5-4-6-16(17)18)10-19-11-15-13(2)20-21(8-9-22)14(15)3/h4-7,12,19,22H,8-11H2,1-3H3. The number of nitrogens with one attached hydrogen (secondary N) is 1. The number of aryl methyl sites for hydroxylation is 1. The Morgan fingerprint density at radius 1 is 1.35 bits per heavy atom. The van der Waals surface area contributed by atoms with Gasteiger partial charge in [-0.25, -0.2) is 4.39 Å². The van der Waals surface area contributed by atoms with Crippen LogP contribution in [0.4, 0.5) is 4.39 Å². The van der Waals surface area contributed by atoms with Gasteiger partial charge in [0.2, 0.25) is 0 Å². The summed E-state index contributed by atoms with van der Waals surface area (Å²) in [6.07, 6.45) is -0.153. The highest BCUT2D eigenvalue weighted by Crippen LogP contribution is 2.17. The molecule has 1 atom stereocenters. The van der Waals surface area contributed by atoms with Gasteiger partial charge in [-0.15, -0.1) is 0 Å². The van der Waals surface area contributed by atoms with Crippen LogP contribution < -0.4 is 10.1 Å². The van der Waals surface area contributed by atoms with Crippen LogP contribution >= 0.6 is 0 Å². The lowest BCUT2D eigenvalue weighted by Crippen LogP contribution is -2.29. The van der Waals surface area contributed by atoms with Gasteiger partial charge in [0.05, 0.1) is 18.8 Å². The third kappa shape index (κ3) is 4.53. The fraction of sp³-hybridized carbons (Fsp3) is 0.471. The van der Waals surface area contributed by atoms with Gasteiger partial charge in [-0.2, -0.15) is 5.10 Å². The van der Waals surface area contributed by atoms with Gasteiger partial charge in [-0.05, 0) is 32.9 Å². The molecule has 0 spiro atoms. The fourth-order valence-electron chi connectivity index (χ4n) is 2.50. The molecule has 0 saturated heterocycles. The zero-order chi connectivity index (χ0) is 16.8. The van der Waals surface area contributed by atoms with Crippen molar-refractivity contribution < 1.29 is 14.2 Å². The van der Waals surface area contributed by atoms with E-state index in [0.29, 0.717) is 19.6 Å². The Morgan fingerprint density at radius 3 is 2.78 bits per heavy atom. The van der Waals surface area contributed by atoms with E-state index in [1.807, 2.05) is 25.5 Å². The molecule has 1 aromatic carbocycles. The van der Waals surface area contributed by atoms with Crippen LogP contribution in [0.15, 0.2) is 24.3 Å². The molecule has 0 amide bonds. The lowest BCUT2D eigenvalue weighted by Gasteiger charge is -2.16. The smallest absolute Gasteiger partial charge is 0.165 e. The second-order valence-corrected chi connectivity index (χ2v) is 5.59. The van der Waals surface area contributed by atoms with E-state index in [2.05, 4.69) is 10.4 Å². The van der Waals surface area contributed by atoms with Gasteiger partial charge in [0.25, 0.3) is 0 Å². The summed E-state index contributed by atoms with van der Waals surface area (Å²) in [6, 6.07) is 6.40. The van der Waals surface area contributed by atoms with Crippen molar-refractivity contribution in [1.29, 1.82) is 0 Å². The van der Waals surface area contributed by atoms with E-state index in [9.17, 15) is 4.39 Å². The SMILES string of the molecule is Cc1nn(CCO)c(C)c1CNCC(C)Oc1ccccc1F. The largest absolute Gasteiger partial charge is 0.486 e. The second-order valence-electron chi connectivity index (χ2n) is 5.59. The van der Waals surface area contributed by atoms with E-state index in [-0.39, 0.29) is 24.3 Å². The number of rotatable bonds is 8. The summed E-state index contributed by atoms with van der Waals surface area (Å²) in [5.74, 6) is -0.0822. The maximum atomic E-state index is 13.5. The van der Waals surface area contributed by atoms with Gasteiger partial charge in [0.15, 0.2) is 11.6 Å². The zero-order valence-corrected chi connectivity index (χ0v) is 13.8. The Morgan fingerprint density at radius 2 is 2.09 bits per heavy atom.